The van der Waals surface area contributed by atoms with Gasteiger partial charge in [-0.1, -0.05) is 40.3 Å². The summed E-state index contributed by atoms with van der Waals surface area (Å²) in [5.74, 6) is -0.00407. The summed E-state index contributed by atoms with van der Waals surface area (Å²) in [6, 6.07) is 11.8. The molecule has 0 aliphatic heterocycles. The number of fused-ring (bicyclic) bond motifs is 1. The molecule has 0 heterocycles. The Morgan fingerprint density at radius 3 is 2.40 bits per heavy atom. The fraction of sp³-hybridized carbons (Fsp3) is 0. The first kappa shape index (κ1) is 9.92. The van der Waals surface area contributed by atoms with Crippen LogP contribution in [0.3, 0.4) is 0 Å². The Morgan fingerprint density at radius 2 is 1.67 bits per heavy atom. The molecule has 0 amide bonds. The van der Waals surface area contributed by atoms with Gasteiger partial charge in [0.05, 0.1) is 0 Å². The number of rotatable bonds is 2. The third kappa shape index (κ3) is 2.24. The van der Waals surface area contributed by atoms with Crippen molar-refractivity contribution < 1.29 is 16.5 Å². The number of benzene rings is 2. The van der Waals surface area contributed by atoms with Crippen molar-refractivity contribution in [3.05, 3.63) is 42.5 Å². The van der Waals surface area contributed by atoms with Crippen LogP contribution in [0, 0.1) is 0 Å². The zero-order valence-corrected chi connectivity index (χ0v) is 8.37. The summed E-state index contributed by atoms with van der Waals surface area (Å²) in [5.41, 5.74) is 0. The molecule has 3 nitrogen and oxygen atoms in total. The van der Waals surface area contributed by atoms with E-state index < -0.39 is 10.5 Å². The summed E-state index contributed by atoms with van der Waals surface area (Å²) >= 11 is 0. The Kier molecular flexibility index (Phi) is 2.32. The van der Waals surface area contributed by atoms with Gasteiger partial charge < -0.3 is 4.18 Å². The summed E-state index contributed by atoms with van der Waals surface area (Å²) in [6.07, 6.45) is 0. The summed E-state index contributed by atoms with van der Waals surface area (Å²) in [6.45, 7) is 0. The van der Waals surface area contributed by atoms with E-state index >= 15 is 0 Å². The van der Waals surface area contributed by atoms with Gasteiger partial charge in [-0.2, -0.15) is 8.42 Å². The maximum Gasteiger partial charge on any atom is 0.488 e. The van der Waals surface area contributed by atoms with Crippen molar-refractivity contribution in [2.45, 2.75) is 0 Å². The average Bonchev–Trinajstić information content (AvgIpc) is 2.16. The van der Waals surface area contributed by atoms with Gasteiger partial charge in [-0.05, 0) is 11.5 Å². The van der Waals surface area contributed by atoms with Gasteiger partial charge in [0.2, 0.25) is 0 Å². The molecule has 0 saturated carbocycles. The lowest BCUT2D eigenvalue weighted by Gasteiger charge is -2.03. The molecule has 2 rings (SSSR count). The second kappa shape index (κ2) is 3.51. The Hall–Kier alpha value is -1.62. The summed E-state index contributed by atoms with van der Waals surface area (Å²) in [5, 5.41) is 1.35. The maximum atomic E-state index is 12.4. The van der Waals surface area contributed by atoms with Crippen LogP contribution in [-0.2, 0) is 10.5 Å². The zero-order chi connectivity index (χ0) is 10.9. The van der Waals surface area contributed by atoms with E-state index in [0.29, 0.717) is 5.39 Å². The van der Waals surface area contributed by atoms with Crippen molar-refractivity contribution in [3.63, 3.8) is 0 Å². The van der Waals surface area contributed by atoms with Gasteiger partial charge in [-0.15, -0.1) is 0 Å². The van der Waals surface area contributed by atoms with Gasteiger partial charge in [0.15, 0.2) is 5.75 Å². The fourth-order valence-corrected chi connectivity index (χ4v) is 1.74. The SMILES string of the molecule is O=S(=O)(F)Oc1cccc2ccccc12. The molecular formula is C10H7FO3S. The molecule has 0 aromatic heterocycles. The van der Waals surface area contributed by atoms with Gasteiger partial charge in [0, 0.05) is 5.39 Å². The highest BCUT2D eigenvalue weighted by atomic mass is 32.3. The number of hydrogen-bond donors (Lipinski definition) is 0. The topological polar surface area (TPSA) is 43.4 Å². The van der Waals surface area contributed by atoms with Crippen LogP contribution in [0.5, 0.6) is 5.75 Å². The molecule has 0 saturated heterocycles. The van der Waals surface area contributed by atoms with Crippen molar-refractivity contribution in [3.8, 4) is 5.75 Å². The first-order valence-corrected chi connectivity index (χ1v) is 5.49. The zero-order valence-electron chi connectivity index (χ0n) is 7.55. The van der Waals surface area contributed by atoms with Crippen LogP contribution in [0.15, 0.2) is 42.5 Å². The minimum atomic E-state index is -4.97. The van der Waals surface area contributed by atoms with Crippen molar-refractivity contribution in [2.75, 3.05) is 0 Å². The molecule has 0 atom stereocenters. The van der Waals surface area contributed by atoms with E-state index in [0.717, 1.165) is 5.39 Å². The predicted molar refractivity (Wildman–Crippen MR) is 54.6 cm³/mol. The quantitative estimate of drug-likeness (QED) is 0.738. The molecule has 0 fully saturated rings. The number of hydrogen-bond acceptors (Lipinski definition) is 3. The van der Waals surface area contributed by atoms with Crippen LogP contribution in [0.25, 0.3) is 10.8 Å². The van der Waals surface area contributed by atoms with Crippen LogP contribution in [0.1, 0.15) is 0 Å². The van der Waals surface area contributed by atoms with E-state index in [2.05, 4.69) is 4.18 Å². The minimum absolute atomic E-state index is 0.00407. The van der Waals surface area contributed by atoms with Gasteiger partial charge >= 0.3 is 10.5 Å². The Morgan fingerprint density at radius 1 is 1.00 bits per heavy atom. The normalized spacial score (nSPS) is 11.5. The first-order chi connectivity index (χ1) is 7.06. The highest BCUT2D eigenvalue weighted by molar-refractivity contribution is 7.81. The highest BCUT2D eigenvalue weighted by Crippen LogP contribution is 2.26. The lowest BCUT2D eigenvalue weighted by molar-refractivity contribution is 0.442. The fourth-order valence-electron chi connectivity index (χ4n) is 1.38. The second-order valence-electron chi connectivity index (χ2n) is 2.95. The minimum Gasteiger partial charge on any atom is -0.358 e. The van der Waals surface area contributed by atoms with E-state index in [1.54, 1.807) is 36.4 Å². The van der Waals surface area contributed by atoms with Crippen LogP contribution < -0.4 is 4.18 Å². The molecule has 5 heteroatoms. The summed E-state index contributed by atoms with van der Waals surface area (Å²) in [4.78, 5) is 0. The van der Waals surface area contributed by atoms with Crippen molar-refractivity contribution in [2.24, 2.45) is 0 Å². The molecule has 0 aliphatic carbocycles. The summed E-state index contributed by atoms with van der Waals surface area (Å²) < 4.78 is 37.3. The standard InChI is InChI=1S/C10H7FO3S/c11-15(12,13)14-10-7-3-5-8-4-1-2-6-9(8)10/h1-7H. The second-order valence-corrected chi connectivity index (χ2v) is 3.91. The Balaban J connectivity index is 2.61. The molecule has 15 heavy (non-hydrogen) atoms. The lowest BCUT2D eigenvalue weighted by atomic mass is 10.1. The largest absolute Gasteiger partial charge is 0.488 e. The molecule has 0 radical (unpaired) electrons. The van der Waals surface area contributed by atoms with E-state index in [1.165, 1.54) is 6.07 Å². The van der Waals surface area contributed by atoms with Gasteiger partial charge in [0.25, 0.3) is 0 Å². The monoisotopic (exact) mass is 226 g/mol. The Bertz CT molecular complexity index is 587. The molecule has 0 bridgehead atoms. The van der Waals surface area contributed by atoms with Crippen molar-refractivity contribution in [1.29, 1.82) is 0 Å². The maximum absolute atomic E-state index is 12.4. The molecule has 2 aromatic rings. The van der Waals surface area contributed by atoms with Crippen molar-refractivity contribution in [1.82, 2.24) is 0 Å². The van der Waals surface area contributed by atoms with Crippen LogP contribution >= 0.6 is 0 Å². The molecule has 0 unspecified atom stereocenters. The smallest absolute Gasteiger partial charge is 0.358 e. The molecular weight excluding hydrogens is 219 g/mol. The molecule has 78 valence electrons. The molecule has 0 spiro atoms. The summed E-state index contributed by atoms with van der Waals surface area (Å²) in [7, 11) is -4.97. The van der Waals surface area contributed by atoms with E-state index in [-0.39, 0.29) is 5.75 Å². The third-order valence-electron chi connectivity index (χ3n) is 1.94. The average molecular weight is 226 g/mol. The predicted octanol–water partition coefficient (Wildman–Crippen LogP) is 2.43. The first-order valence-electron chi connectivity index (χ1n) is 4.18. The van der Waals surface area contributed by atoms with E-state index in [9.17, 15) is 12.3 Å². The van der Waals surface area contributed by atoms with Crippen LogP contribution in [0.4, 0.5) is 3.89 Å². The number of halogens is 1. The van der Waals surface area contributed by atoms with Crippen LogP contribution in [-0.4, -0.2) is 8.42 Å². The van der Waals surface area contributed by atoms with E-state index in [1.807, 2.05) is 0 Å². The molecule has 0 aliphatic rings. The Labute approximate surface area is 86.5 Å². The van der Waals surface area contributed by atoms with E-state index in [4.69, 9.17) is 0 Å². The highest BCUT2D eigenvalue weighted by Gasteiger charge is 2.11. The van der Waals surface area contributed by atoms with Crippen molar-refractivity contribution >= 4 is 21.3 Å². The molecule has 0 N–H and O–H groups in total. The van der Waals surface area contributed by atoms with Gasteiger partial charge in [-0.3, -0.25) is 0 Å². The molecule has 2 aromatic carbocycles. The van der Waals surface area contributed by atoms with Gasteiger partial charge in [-0.25, -0.2) is 0 Å². The third-order valence-corrected chi connectivity index (χ3v) is 2.32. The lowest BCUT2D eigenvalue weighted by Crippen LogP contribution is -2.01. The van der Waals surface area contributed by atoms with Crippen LogP contribution in [0.2, 0.25) is 0 Å². The van der Waals surface area contributed by atoms with Gasteiger partial charge in [0.1, 0.15) is 0 Å².